The van der Waals surface area contributed by atoms with Gasteiger partial charge in [0.2, 0.25) is 0 Å². The highest BCUT2D eigenvalue weighted by molar-refractivity contribution is 5.30. The predicted octanol–water partition coefficient (Wildman–Crippen LogP) is 3.27. The number of nitrogens with zero attached hydrogens (tertiary/aromatic N) is 2. The van der Waals surface area contributed by atoms with Gasteiger partial charge in [-0.1, -0.05) is 24.3 Å². The largest absolute Gasteiger partial charge is 0.372 e. The number of fused-ring (bicyclic) bond motifs is 1. The van der Waals surface area contributed by atoms with Crippen LogP contribution in [0.5, 0.6) is 0 Å². The van der Waals surface area contributed by atoms with Crippen LogP contribution in [-0.2, 0) is 24.1 Å². The third-order valence-corrected chi connectivity index (χ3v) is 5.42. The van der Waals surface area contributed by atoms with Gasteiger partial charge in [-0.05, 0) is 50.2 Å². The van der Waals surface area contributed by atoms with Gasteiger partial charge in [-0.3, -0.25) is 4.68 Å². The van der Waals surface area contributed by atoms with Crippen molar-refractivity contribution in [3.8, 4) is 0 Å². The van der Waals surface area contributed by atoms with Crippen molar-refractivity contribution < 1.29 is 4.74 Å². The molecule has 4 nitrogen and oxygen atoms in total. The molecule has 0 amide bonds. The molecule has 4 rings (SSSR count). The average Bonchev–Trinajstić information content (AvgIpc) is 3.11. The molecule has 0 bridgehead atoms. The zero-order chi connectivity index (χ0) is 16.4. The van der Waals surface area contributed by atoms with Crippen molar-refractivity contribution in [2.75, 3.05) is 6.61 Å². The highest BCUT2D eigenvalue weighted by Gasteiger charge is 2.31. The molecule has 1 aromatic heterocycles. The lowest BCUT2D eigenvalue weighted by molar-refractivity contribution is -0.0143. The van der Waals surface area contributed by atoms with E-state index in [4.69, 9.17) is 4.74 Å². The third kappa shape index (κ3) is 3.26. The summed E-state index contributed by atoms with van der Waals surface area (Å²) >= 11 is 0. The van der Waals surface area contributed by atoms with Crippen molar-refractivity contribution in [3.05, 3.63) is 53.3 Å². The summed E-state index contributed by atoms with van der Waals surface area (Å²) in [7, 11) is 0. The van der Waals surface area contributed by atoms with Crippen LogP contribution in [0.1, 0.15) is 49.0 Å². The number of hydrogen-bond donors (Lipinski definition) is 1. The van der Waals surface area contributed by atoms with Gasteiger partial charge in [0.05, 0.1) is 6.20 Å². The lowest BCUT2D eigenvalue weighted by Crippen LogP contribution is -2.46. The van der Waals surface area contributed by atoms with Gasteiger partial charge in [0.15, 0.2) is 0 Å². The highest BCUT2D eigenvalue weighted by Crippen LogP contribution is 2.30. The molecule has 2 aliphatic rings. The Morgan fingerprint density at radius 1 is 1.25 bits per heavy atom. The summed E-state index contributed by atoms with van der Waals surface area (Å²) in [6, 6.07) is 9.81. The number of nitrogens with one attached hydrogen (secondary N) is 1. The molecule has 24 heavy (non-hydrogen) atoms. The first-order valence-electron chi connectivity index (χ1n) is 9.30. The second-order valence-electron chi connectivity index (χ2n) is 7.04. The molecule has 128 valence electrons. The van der Waals surface area contributed by atoms with E-state index < -0.39 is 0 Å². The van der Waals surface area contributed by atoms with E-state index in [1.807, 2.05) is 10.9 Å². The third-order valence-electron chi connectivity index (χ3n) is 5.42. The first-order chi connectivity index (χ1) is 11.8. The number of ether oxygens (including phenoxy) is 1. The zero-order valence-electron chi connectivity index (χ0n) is 14.4. The Kier molecular flexibility index (Phi) is 4.67. The van der Waals surface area contributed by atoms with E-state index in [0.29, 0.717) is 12.1 Å². The van der Waals surface area contributed by atoms with E-state index in [2.05, 4.69) is 47.8 Å². The first kappa shape index (κ1) is 15.9. The van der Waals surface area contributed by atoms with Gasteiger partial charge in [0, 0.05) is 37.0 Å². The minimum Gasteiger partial charge on any atom is -0.372 e. The maximum Gasteiger partial charge on any atom is 0.101 e. The number of benzene rings is 1. The lowest BCUT2D eigenvalue weighted by Gasteiger charge is -2.36. The molecule has 0 saturated carbocycles. The maximum atomic E-state index is 6.13. The second-order valence-corrected chi connectivity index (χ2v) is 7.04. The van der Waals surface area contributed by atoms with Gasteiger partial charge in [-0.25, -0.2) is 0 Å². The number of hydrogen-bond acceptors (Lipinski definition) is 3. The Morgan fingerprint density at radius 3 is 2.96 bits per heavy atom. The molecule has 1 aromatic carbocycles. The molecule has 1 unspecified atom stereocenters. The van der Waals surface area contributed by atoms with Crippen molar-refractivity contribution in [2.45, 2.75) is 63.8 Å². The molecular formula is C20H27N3O. The SMILES string of the molecule is CCn1cc([C@H]2OCCC[C@@H]2NC2CCc3ccccc3C2)cn1. The van der Waals surface area contributed by atoms with Gasteiger partial charge in [0.1, 0.15) is 6.10 Å². The van der Waals surface area contributed by atoms with Gasteiger partial charge in [-0.15, -0.1) is 0 Å². The molecular weight excluding hydrogens is 298 g/mol. The molecule has 1 aliphatic carbocycles. The molecule has 0 spiro atoms. The summed E-state index contributed by atoms with van der Waals surface area (Å²) in [5, 5.41) is 8.34. The summed E-state index contributed by atoms with van der Waals surface area (Å²) in [4.78, 5) is 0. The van der Waals surface area contributed by atoms with Crippen molar-refractivity contribution in [2.24, 2.45) is 0 Å². The molecule has 3 atom stereocenters. The summed E-state index contributed by atoms with van der Waals surface area (Å²) < 4.78 is 8.12. The Hall–Kier alpha value is -1.65. The second kappa shape index (κ2) is 7.08. The van der Waals surface area contributed by atoms with E-state index in [-0.39, 0.29) is 6.10 Å². The molecule has 4 heteroatoms. The number of rotatable bonds is 4. The zero-order valence-corrected chi connectivity index (χ0v) is 14.4. The van der Waals surface area contributed by atoms with Crippen LogP contribution in [0.3, 0.4) is 0 Å². The molecule has 0 radical (unpaired) electrons. The summed E-state index contributed by atoms with van der Waals surface area (Å²) in [6.07, 6.45) is 10.1. The molecule has 1 aliphatic heterocycles. The Bertz CT molecular complexity index is 681. The fraction of sp³-hybridized carbons (Fsp3) is 0.550. The van der Waals surface area contributed by atoms with E-state index in [9.17, 15) is 0 Å². The van der Waals surface area contributed by atoms with Crippen molar-refractivity contribution in [3.63, 3.8) is 0 Å². The standard InChI is InChI=1S/C20H27N3O/c1-2-23-14-17(13-21-23)20-19(8-5-11-24-20)22-18-10-9-15-6-3-4-7-16(15)12-18/h3-4,6-7,13-14,18-20,22H,2,5,8-12H2,1H3/t18?,19-,20+/m0/s1. The quantitative estimate of drug-likeness (QED) is 0.938. The Labute approximate surface area is 144 Å². The fourth-order valence-corrected chi connectivity index (χ4v) is 4.12. The van der Waals surface area contributed by atoms with Crippen LogP contribution in [0.15, 0.2) is 36.7 Å². The molecule has 1 fully saturated rings. The van der Waals surface area contributed by atoms with Crippen molar-refractivity contribution >= 4 is 0 Å². The van der Waals surface area contributed by atoms with Crippen molar-refractivity contribution in [1.29, 1.82) is 0 Å². The number of aryl methyl sites for hydroxylation is 2. The van der Waals surface area contributed by atoms with Crippen LogP contribution >= 0.6 is 0 Å². The number of aromatic nitrogens is 2. The van der Waals surface area contributed by atoms with Crippen LogP contribution in [-0.4, -0.2) is 28.5 Å². The van der Waals surface area contributed by atoms with Crippen LogP contribution in [0.4, 0.5) is 0 Å². The summed E-state index contributed by atoms with van der Waals surface area (Å²) in [5.74, 6) is 0. The minimum atomic E-state index is 0.135. The lowest BCUT2D eigenvalue weighted by atomic mass is 9.87. The van der Waals surface area contributed by atoms with E-state index in [0.717, 1.165) is 26.0 Å². The maximum absolute atomic E-state index is 6.13. The van der Waals surface area contributed by atoms with Gasteiger partial charge in [0.25, 0.3) is 0 Å². The van der Waals surface area contributed by atoms with Gasteiger partial charge in [-0.2, -0.15) is 5.10 Å². The van der Waals surface area contributed by atoms with E-state index >= 15 is 0 Å². The van der Waals surface area contributed by atoms with Crippen LogP contribution in [0.2, 0.25) is 0 Å². The topological polar surface area (TPSA) is 39.1 Å². The normalized spacial score (nSPS) is 27.0. The average molecular weight is 325 g/mol. The van der Waals surface area contributed by atoms with Crippen molar-refractivity contribution in [1.82, 2.24) is 15.1 Å². The van der Waals surface area contributed by atoms with E-state index in [1.165, 1.54) is 36.0 Å². The van der Waals surface area contributed by atoms with Crippen LogP contribution < -0.4 is 5.32 Å². The summed E-state index contributed by atoms with van der Waals surface area (Å²) in [5.41, 5.74) is 4.25. The van der Waals surface area contributed by atoms with E-state index in [1.54, 1.807) is 0 Å². The first-order valence-corrected chi connectivity index (χ1v) is 9.30. The smallest absolute Gasteiger partial charge is 0.101 e. The van der Waals surface area contributed by atoms with Crippen LogP contribution in [0, 0.1) is 0 Å². The molecule has 1 saturated heterocycles. The predicted molar refractivity (Wildman–Crippen MR) is 95.0 cm³/mol. The highest BCUT2D eigenvalue weighted by atomic mass is 16.5. The molecule has 1 N–H and O–H groups in total. The van der Waals surface area contributed by atoms with Crippen LogP contribution in [0.25, 0.3) is 0 Å². The fourth-order valence-electron chi connectivity index (χ4n) is 4.12. The monoisotopic (exact) mass is 325 g/mol. The van der Waals surface area contributed by atoms with Gasteiger partial charge >= 0.3 is 0 Å². The molecule has 2 heterocycles. The van der Waals surface area contributed by atoms with Gasteiger partial charge < -0.3 is 10.1 Å². The molecule has 2 aromatic rings. The summed E-state index contributed by atoms with van der Waals surface area (Å²) in [6.45, 7) is 3.88. The Morgan fingerprint density at radius 2 is 2.12 bits per heavy atom. The minimum absolute atomic E-state index is 0.135. The Balaban J connectivity index is 1.46.